The Bertz CT molecular complexity index is 692. The number of halogens is 3. The molecule has 0 bridgehead atoms. The van der Waals surface area contributed by atoms with Crippen LogP contribution in [0.25, 0.3) is 10.9 Å². The van der Waals surface area contributed by atoms with E-state index in [1.54, 1.807) is 6.20 Å². The van der Waals surface area contributed by atoms with Crippen molar-refractivity contribution in [3.63, 3.8) is 0 Å². The van der Waals surface area contributed by atoms with Crippen molar-refractivity contribution in [2.24, 2.45) is 5.92 Å². The Labute approximate surface area is 132 Å². The van der Waals surface area contributed by atoms with E-state index in [2.05, 4.69) is 10.3 Å². The maximum Gasteiger partial charge on any atom is 0.393 e. The molecule has 124 valence electrons. The van der Waals surface area contributed by atoms with Crippen LogP contribution >= 0.6 is 0 Å². The van der Waals surface area contributed by atoms with Crippen LogP contribution < -0.4 is 5.32 Å². The molecular formula is C17H19F3N2O. The van der Waals surface area contributed by atoms with E-state index in [4.69, 9.17) is 0 Å². The zero-order chi connectivity index (χ0) is 16.4. The highest BCUT2D eigenvalue weighted by molar-refractivity contribution is 5.88. The van der Waals surface area contributed by atoms with Gasteiger partial charge in [-0.1, -0.05) is 31.0 Å². The van der Waals surface area contributed by atoms with Crippen molar-refractivity contribution in [3.05, 3.63) is 36.0 Å². The number of aromatic nitrogens is 1. The first-order valence-corrected chi connectivity index (χ1v) is 7.86. The number of rotatable bonds is 3. The highest BCUT2D eigenvalue weighted by atomic mass is 19.4. The molecule has 1 heterocycles. The van der Waals surface area contributed by atoms with E-state index in [0.29, 0.717) is 12.8 Å². The minimum Gasteiger partial charge on any atom is -0.361 e. The molecular weight excluding hydrogens is 305 g/mol. The van der Waals surface area contributed by atoms with Crippen molar-refractivity contribution >= 4 is 16.8 Å². The number of hydrogen-bond donors (Lipinski definition) is 2. The quantitative estimate of drug-likeness (QED) is 0.882. The highest BCUT2D eigenvalue weighted by Gasteiger charge is 2.45. The number of hydrogen-bond acceptors (Lipinski definition) is 1. The lowest BCUT2D eigenvalue weighted by Crippen LogP contribution is -2.48. The highest BCUT2D eigenvalue weighted by Crippen LogP contribution is 2.37. The van der Waals surface area contributed by atoms with Gasteiger partial charge in [-0.15, -0.1) is 0 Å². The number of carbonyl (C=O) groups is 1. The van der Waals surface area contributed by atoms with Crippen molar-refractivity contribution < 1.29 is 18.0 Å². The molecule has 2 atom stereocenters. The summed E-state index contributed by atoms with van der Waals surface area (Å²) in [5.74, 6) is -1.78. The molecule has 1 amide bonds. The first kappa shape index (κ1) is 15.9. The number of nitrogens with one attached hydrogen (secondary N) is 2. The number of aromatic amines is 1. The van der Waals surface area contributed by atoms with E-state index >= 15 is 0 Å². The van der Waals surface area contributed by atoms with Gasteiger partial charge in [-0.3, -0.25) is 4.79 Å². The molecule has 3 rings (SSSR count). The average Bonchev–Trinajstić information content (AvgIpc) is 2.90. The Hall–Kier alpha value is -1.98. The summed E-state index contributed by atoms with van der Waals surface area (Å²) in [5, 5.41) is 3.53. The van der Waals surface area contributed by atoms with Crippen LogP contribution in [-0.4, -0.2) is 23.1 Å². The predicted molar refractivity (Wildman–Crippen MR) is 81.9 cm³/mol. The Morgan fingerprint density at radius 2 is 1.96 bits per heavy atom. The van der Waals surface area contributed by atoms with Crippen molar-refractivity contribution in [2.75, 3.05) is 0 Å². The van der Waals surface area contributed by atoms with Crippen LogP contribution in [0.4, 0.5) is 13.2 Å². The summed E-state index contributed by atoms with van der Waals surface area (Å²) in [6.07, 6.45) is -0.633. The van der Waals surface area contributed by atoms with Crippen LogP contribution in [0.15, 0.2) is 30.5 Å². The number of alkyl halides is 3. The van der Waals surface area contributed by atoms with Gasteiger partial charge < -0.3 is 10.3 Å². The molecule has 2 N–H and O–H groups in total. The number of benzene rings is 1. The van der Waals surface area contributed by atoms with Gasteiger partial charge in [0, 0.05) is 23.1 Å². The number of H-pyrrole nitrogens is 1. The minimum atomic E-state index is -4.25. The predicted octanol–water partition coefficient (Wildman–Crippen LogP) is 3.95. The summed E-state index contributed by atoms with van der Waals surface area (Å²) in [6.45, 7) is 0. The van der Waals surface area contributed by atoms with Gasteiger partial charge >= 0.3 is 6.18 Å². The molecule has 1 saturated carbocycles. The smallest absolute Gasteiger partial charge is 0.361 e. The largest absolute Gasteiger partial charge is 0.393 e. The summed E-state index contributed by atoms with van der Waals surface area (Å²) in [6, 6.07) is 6.75. The van der Waals surface area contributed by atoms with E-state index in [9.17, 15) is 18.0 Å². The Morgan fingerprint density at radius 3 is 2.74 bits per heavy atom. The van der Waals surface area contributed by atoms with Crippen LogP contribution in [0.1, 0.15) is 31.2 Å². The standard InChI is InChI=1S/C17H19F3N2O/c18-17(19,20)13-6-2-4-8-15(13)22-16(23)9-11-10-21-14-7-3-1-5-12(11)14/h1,3,5,7,10,13,15,21H,2,4,6,8-9H2,(H,22,23). The third kappa shape index (κ3) is 3.51. The van der Waals surface area contributed by atoms with Crippen molar-refractivity contribution in [3.8, 4) is 0 Å². The zero-order valence-electron chi connectivity index (χ0n) is 12.6. The maximum atomic E-state index is 13.1. The lowest BCUT2D eigenvalue weighted by Gasteiger charge is -2.33. The molecule has 1 aliphatic rings. The zero-order valence-corrected chi connectivity index (χ0v) is 12.6. The van der Waals surface area contributed by atoms with Crippen LogP contribution in [0, 0.1) is 5.92 Å². The molecule has 0 spiro atoms. The van der Waals surface area contributed by atoms with E-state index in [-0.39, 0.29) is 18.7 Å². The fraction of sp³-hybridized carbons (Fsp3) is 0.471. The maximum absolute atomic E-state index is 13.1. The molecule has 1 aromatic carbocycles. The number of amides is 1. The van der Waals surface area contributed by atoms with E-state index in [1.807, 2.05) is 24.3 Å². The van der Waals surface area contributed by atoms with Crippen LogP contribution in [0.2, 0.25) is 0 Å². The second-order valence-electron chi connectivity index (χ2n) is 6.14. The third-order valence-corrected chi connectivity index (χ3v) is 4.56. The van der Waals surface area contributed by atoms with Gasteiger partial charge in [0.25, 0.3) is 0 Å². The molecule has 1 fully saturated rings. The molecule has 1 aromatic heterocycles. The molecule has 2 unspecified atom stereocenters. The molecule has 0 radical (unpaired) electrons. The lowest BCUT2D eigenvalue weighted by molar-refractivity contribution is -0.189. The van der Waals surface area contributed by atoms with Gasteiger partial charge in [-0.25, -0.2) is 0 Å². The van der Waals surface area contributed by atoms with E-state index < -0.39 is 18.1 Å². The van der Waals surface area contributed by atoms with Crippen molar-refractivity contribution in [1.82, 2.24) is 10.3 Å². The summed E-state index contributed by atoms with van der Waals surface area (Å²) in [5.41, 5.74) is 1.72. The number of fused-ring (bicyclic) bond motifs is 1. The van der Waals surface area contributed by atoms with Crippen LogP contribution in [0.3, 0.4) is 0 Å². The molecule has 3 nitrogen and oxygen atoms in total. The number of carbonyl (C=O) groups excluding carboxylic acids is 1. The number of para-hydroxylation sites is 1. The lowest BCUT2D eigenvalue weighted by atomic mass is 9.84. The topological polar surface area (TPSA) is 44.9 Å². The van der Waals surface area contributed by atoms with E-state index in [1.165, 1.54) is 0 Å². The summed E-state index contributed by atoms with van der Waals surface area (Å²) < 4.78 is 39.2. The molecule has 23 heavy (non-hydrogen) atoms. The first-order chi connectivity index (χ1) is 10.9. The van der Waals surface area contributed by atoms with Gasteiger partial charge in [0.1, 0.15) is 0 Å². The summed E-state index contributed by atoms with van der Waals surface area (Å²) >= 11 is 0. The van der Waals surface area contributed by atoms with Crippen molar-refractivity contribution in [1.29, 1.82) is 0 Å². The molecule has 2 aromatic rings. The van der Waals surface area contributed by atoms with Crippen LogP contribution in [-0.2, 0) is 11.2 Å². The fourth-order valence-corrected chi connectivity index (χ4v) is 3.40. The van der Waals surface area contributed by atoms with Gasteiger partial charge in [0.2, 0.25) is 5.91 Å². The molecule has 6 heteroatoms. The normalized spacial score (nSPS) is 22.2. The average molecular weight is 324 g/mol. The monoisotopic (exact) mass is 324 g/mol. The van der Waals surface area contributed by atoms with Crippen LogP contribution in [0.5, 0.6) is 0 Å². The SMILES string of the molecule is O=C(Cc1c[nH]c2ccccc12)NC1CCCCC1C(F)(F)F. The molecule has 0 saturated heterocycles. The van der Waals surface area contributed by atoms with E-state index in [0.717, 1.165) is 22.9 Å². The molecule has 0 aliphatic heterocycles. The Kier molecular flexibility index (Phi) is 4.33. The summed E-state index contributed by atoms with van der Waals surface area (Å²) in [4.78, 5) is 15.3. The Morgan fingerprint density at radius 1 is 1.22 bits per heavy atom. The second kappa shape index (κ2) is 6.26. The van der Waals surface area contributed by atoms with Gasteiger partial charge in [-0.2, -0.15) is 13.2 Å². The fourth-order valence-electron chi connectivity index (χ4n) is 3.40. The van der Waals surface area contributed by atoms with Crippen molar-refractivity contribution in [2.45, 2.75) is 44.3 Å². The molecule has 1 aliphatic carbocycles. The first-order valence-electron chi connectivity index (χ1n) is 7.86. The summed E-state index contributed by atoms with van der Waals surface area (Å²) in [7, 11) is 0. The van der Waals surface area contributed by atoms with Gasteiger partial charge in [0.15, 0.2) is 0 Å². The second-order valence-corrected chi connectivity index (χ2v) is 6.14. The van der Waals surface area contributed by atoms with Gasteiger partial charge in [-0.05, 0) is 24.5 Å². The minimum absolute atomic E-state index is 0.0884. The third-order valence-electron chi connectivity index (χ3n) is 4.56. The Balaban J connectivity index is 1.69. The van der Waals surface area contributed by atoms with Gasteiger partial charge in [0.05, 0.1) is 12.3 Å².